The van der Waals surface area contributed by atoms with Crippen molar-refractivity contribution in [2.75, 3.05) is 20.2 Å². The van der Waals surface area contributed by atoms with Gasteiger partial charge in [-0.15, -0.1) is 0 Å². The van der Waals surface area contributed by atoms with E-state index in [0.29, 0.717) is 30.6 Å². The minimum atomic E-state index is -1.01. The number of hydrogen-bond acceptors (Lipinski definition) is 7. The summed E-state index contributed by atoms with van der Waals surface area (Å²) in [4.78, 5) is 53.5. The van der Waals surface area contributed by atoms with Crippen LogP contribution in [0.4, 0.5) is 4.39 Å². The summed E-state index contributed by atoms with van der Waals surface area (Å²) in [6.07, 6.45) is 5.82. The average Bonchev–Trinajstić information content (AvgIpc) is 3.19. The Morgan fingerprint density at radius 1 is 1.13 bits per heavy atom. The van der Waals surface area contributed by atoms with Gasteiger partial charge in [-0.2, -0.15) is 0 Å². The standard InChI is InChI=1S/C29H35FN4O5/c1-3-29(39-2)11-13-33(14-12-29)17-18-7-8-19(21(30)15-18)16-31-22-6-4-5-20-25(22)28(38)34(27(20)37)23-9-10-24(35)32-26(23)36/h5,7-8,15,23,31H,3-4,6,9-14,16-17H2,1-2H3,(H,32,35,36). The highest BCUT2D eigenvalue weighted by Crippen LogP contribution is 2.35. The van der Waals surface area contributed by atoms with E-state index in [1.807, 2.05) is 6.07 Å². The lowest BCUT2D eigenvalue weighted by Crippen LogP contribution is -2.54. The van der Waals surface area contributed by atoms with Crippen LogP contribution in [0.1, 0.15) is 63.0 Å². The van der Waals surface area contributed by atoms with E-state index in [0.717, 1.165) is 42.8 Å². The number of amides is 4. The Kier molecular flexibility index (Phi) is 7.68. The van der Waals surface area contributed by atoms with Gasteiger partial charge in [-0.25, -0.2) is 4.39 Å². The minimum absolute atomic E-state index is 0.0503. The lowest BCUT2D eigenvalue weighted by molar-refractivity contribution is -0.149. The SMILES string of the molecule is CCC1(OC)CCN(Cc2ccc(CNC3=C4C(=O)N(C5CCC(=O)NC5=O)C(=O)C4=CCC3)c(F)c2)CC1. The van der Waals surface area contributed by atoms with Crippen molar-refractivity contribution < 1.29 is 28.3 Å². The van der Waals surface area contributed by atoms with Crippen molar-refractivity contribution in [3.63, 3.8) is 0 Å². The third kappa shape index (κ3) is 5.27. The van der Waals surface area contributed by atoms with E-state index < -0.39 is 29.7 Å². The Balaban J connectivity index is 1.25. The number of carbonyl (C=O) groups excluding carboxylic acids is 4. The zero-order valence-corrected chi connectivity index (χ0v) is 22.5. The molecule has 1 atom stereocenters. The fraction of sp³-hybridized carbons (Fsp3) is 0.517. The zero-order chi connectivity index (χ0) is 27.7. The number of imide groups is 2. The number of ether oxygens (including phenoxy) is 1. The second kappa shape index (κ2) is 11.0. The van der Waals surface area contributed by atoms with Gasteiger partial charge >= 0.3 is 0 Å². The maximum absolute atomic E-state index is 15.1. The molecule has 1 aromatic carbocycles. The molecule has 4 aliphatic rings. The normalized spacial score (nSPS) is 23.6. The number of carbonyl (C=O) groups is 4. The van der Waals surface area contributed by atoms with Crippen LogP contribution in [-0.4, -0.2) is 65.3 Å². The second-order valence-electron chi connectivity index (χ2n) is 10.8. The first-order chi connectivity index (χ1) is 18.7. The van der Waals surface area contributed by atoms with Gasteiger partial charge in [0.05, 0.1) is 16.7 Å². The second-order valence-corrected chi connectivity index (χ2v) is 10.8. The molecule has 39 heavy (non-hydrogen) atoms. The van der Waals surface area contributed by atoms with Crippen LogP contribution < -0.4 is 10.6 Å². The molecule has 2 N–H and O–H groups in total. The topological polar surface area (TPSA) is 108 Å². The molecule has 3 aliphatic heterocycles. The first kappa shape index (κ1) is 27.2. The molecule has 1 aromatic rings. The molecule has 3 saturated heterocycles. The lowest BCUT2D eigenvalue weighted by Gasteiger charge is -2.40. The molecular formula is C29H35FN4O5. The molecule has 3 fully saturated rings. The summed E-state index contributed by atoms with van der Waals surface area (Å²) in [6.45, 7) is 4.79. The van der Waals surface area contributed by atoms with Gasteiger partial charge in [-0.05, 0) is 50.2 Å². The summed E-state index contributed by atoms with van der Waals surface area (Å²) in [5.41, 5.74) is 2.37. The highest BCUT2D eigenvalue weighted by Gasteiger charge is 2.48. The third-order valence-electron chi connectivity index (χ3n) is 8.58. The molecule has 0 saturated carbocycles. The van der Waals surface area contributed by atoms with Crippen LogP contribution in [0.3, 0.4) is 0 Å². The predicted molar refractivity (Wildman–Crippen MR) is 140 cm³/mol. The van der Waals surface area contributed by atoms with Crippen LogP contribution in [0.2, 0.25) is 0 Å². The Labute approximate surface area is 227 Å². The van der Waals surface area contributed by atoms with Crippen LogP contribution in [-0.2, 0) is 37.0 Å². The summed E-state index contributed by atoms with van der Waals surface area (Å²) >= 11 is 0. The summed E-state index contributed by atoms with van der Waals surface area (Å²) in [5.74, 6) is -2.47. The summed E-state index contributed by atoms with van der Waals surface area (Å²) < 4.78 is 20.8. The molecule has 1 aliphatic carbocycles. The van der Waals surface area contributed by atoms with E-state index in [1.165, 1.54) is 0 Å². The third-order valence-corrected chi connectivity index (χ3v) is 8.58. The molecule has 0 spiro atoms. The molecule has 0 radical (unpaired) electrons. The van der Waals surface area contributed by atoms with Crippen molar-refractivity contribution in [2.24, 2.45) is 0 Å². The highest BCUT2D eigenvalue weighted by molar-refractivity contribution is 6.26. The van der Waals surface area contributed by atoms with E-state index in [4.69, 9.17) is 4.74 Å². The van der Waals surface area contributed by atoms with Crippen LogP contribution in [0.5, 0.6) is 0 Å². The van der Waals surface area contributed by atoms with Gasteiger partial charge in [0.25, 0.3) is 11.8 Å². The number of allylic oxidation sites excluding steroid dienone is 2. The highest BCUT2D eigenvalue weighted by atomic mass is 19.1. The lowest BCUT2D eigenvalue weighted by atomic mass is 9.88. The van der Waals surface area contributed by atoms with Crippen molar-refractivity contribution in [1.29, 1.82) is 0 Å². The van der Waals surface area contributed by atoms with Crippen LogP contribution in [0.25, 0.3) is 0 Å². The summed E-state index contributed by atoms with van der Waals surface area (Å²) in [6, 6.07) is 4.24. The Morgan fingerprint density at radius 2 is 1.90 bits per heavy atom. The van der Waals surface area contributed by atoms with Crippen molar-refractivity contribution in [3.05, 3.63) is 58.1 Å². The van der Waals surface area contributed by atoms with Crippen LogP contribution in [0.15, 0.2) is 41.1 Å². The maximum atomic E-state index is 15.1. The number of piperidine rings is 2. The predicted octanol–water partition coefficient (Wildman–Crippen LogP) is 2.45. The molecule has 3 heterocycles. The van der Waals surface area contributed by atoms with Gasteiger partial charge in [0.1, 0.15) is 11.9 Å². The first-order valence-electron chi connectivity index (χ1n) is 13.7. The largest absolute Gasteiger partial charge is 0.383 e. The van der Waals surface area contributed by atoms with Crippen LogP contribution >= 0.6 is 0 Å². The number of fused-ring (bicyclic) bond motifs is 1. The number of benzene rings is 1. The average molecular weight is 539 g/mol. The smallest absolute Gasteiger partial charge is 0.264 e. The van der Waals surface area contributed by atoms with E-state index >= 15 is 4.39 Å². The molecule has 1 unspecified atom stereocenters. The molecule has 5 rings (SSSR count). The molecule has 0 bridgehead atoms. The minimum Gasteiger partial charge on any atom is -0.383 e. The number of hydrogen-bond donors (Lipinski definition) is 2. The number of halogens is 1. The fourth-order valence-corrected chi connectivity index (χ4v) is 6.03. The maximum Gasteiger partial charge on any atom is 0.264 e. The summed E-state index contributed by atoms with van der Waals surface area (Å²) in [5, 5.41) is 5.39. The van der Waals surface area contributed by atoms with Gasteiger partial charge in [0.2, 0.25) is 11.8 Å². The van der Waals surface area contributed by atoms with Gasteiger partial charge in [-0.3, -0.25) is 34.3 Å². The number of nitrogens with one attached hydrogen (secondary N) is 2. The van der Waals surface area contributed by atoms with Crippen molar-refractivity contribution in [2.45, 2.75) is 76.6 Å². The summed E-state index contributed by atoms with van der Waals surface area (Å²) in [7, 11) is 1.78. The van der Waals surface area contributed by atoms with E-state index in [2.05, 4.69) is 22.5 Å². The Morgan fingerprint density at radius 3 is 2.56 bits per heavy atom. The van der Waals surface area contributed by atoms with Gasteiger partial charge in [0, 0.05) is 51.0 Å². The van der Waals surface area contributed by atoms with Gasteiger partial charge < -0.3 is 10.1 Å². The van der Waals surface area contributed by atoms with E-state index in [9.17, 15) is 19.2 Å². The van der Waals surface area contributed by atoms with Gasteiger partial charge in [-0.1, -0.05) is 25.1 Å². The zero-order valence-electron chi connectivity index (χ0n) is 22.5. The number of nitrogens with zero attached hydrogens (tertiary/aromatic N) is 2. The van der Waals surface area contributed by atoms with Crippen LogP contribution in [0, 0.1) is 5.82 Å². The van der Waals surface area contributed by atoms with Gasteiger partial charge in [0.15, 0.2) is 0 Å². The number of rotatable bonds is 8. The van der Waals surface area contributed by atoms with Crippen molar-refractivity contribution in [3.8, 4) is 0 Å². The molecule has 0 aromatic heterocycles. The molecule has 208 valence electrons. The molecule has 10 heteroatoms. The van der Waals surface area contributed by atoms with Crippen molar-refractivity contribution in [1.82, 2.24) is 20.4 Å². The molecule has 9 nitrogen and oxygen atoms in total. The fourth-order valence-electron chi connectivity index (χ4n) is 6.03. The van der Waals surface area contributed by atoms with E-state index in [-0.39, 0.29) is 42.0 Å². The molecular weight excluding hydrogens is 503 g/mol. The van der Waals surface area contributed by atoms with E-state index in [1.54, 1.807) is 25.3 Å². The van der Waals surface area contributed by atoms with Crippen molar-refractivity contribution >= 4 is 23.6 Å². The number of likely N-dealkylation sites (tertiary alicyclic amines) is 2. The Bertz CT molecular complexity index is 1260. The monoisotopic (exact) mass is 538 g/mol. The molecule has 4 amide bonds. The number of methoxy groups -OCH3 is 1. The Hall–Kier alpha value is -3.37. The first-order valence-corrected chi connectivity index (χ1v) is 13.7. The quantitative estimate of drug-likeness (QED) is 0.490.